The van der Waals surface area contributed by atoms with Crippen LogP contribution in [0.5, 0.6) is 0 Å². The maximum Gasteiger partial charge on any atom is 0.397 e. The molecule has 2 N–H and O–H groups in total. The first-order valence-electron chi connectivity index (χ1n) is 1.44. The number of rotatable bonds is 0. The van der Waals surface area contributed by atoms with Gasteiger partial charge >= 0.3 is 10.2 Å². The first kappa shape index (κ1) is 15.7. The minimum absolute atomic E-state index is 0.750. The fourth-order valence-electron chi connectivity index (χ4n) is 0. The molecule has 0 saturated heterocycles. The summed E-state index contributed by atoms with van der Waals surface area (Å²) in [6, 6.07) is 0. The fraction of sp³-hybridized carbons (Fsp3) is 0. The Hall–Kier alpha value is -1.16. The average Bonchev–Trinajstić information content (AvgIpc) is 1.70. The van der Waals surface area contributed by atoms with Crippen molar-refractivity contribution < 1.29 is 17.8 Å². The zero-order valence-corrected chi connectivity index (χ0v) is 5.69. The second kappa shape index (κ2) is 69.0. The van der Waals surface area contributed by atoms with Gasteiger partial charge in [-0.3, -0.25) is 8.22 Å². The number of hydrogen-bond acceptors (Lipinski definition) is 4. The van der Waals surface area contributed by atoms with Gasteiger partial charge in [0.25, 0.3) is 0 Å². The van der Waals surface area contributed by atoms with Gasteiger partial charge in [-0.2, -0.15) is 0 Å². The third-order valence-electron chi connectivity index (χ3n) is 0. The third-order valence-corrected chi connectivity index (χ3v) is 0. The Labute approximate surface area is 52.1 Å². The molecule has 0 aliphatic rings. The van der Waals surface area contributed by atoms with E-state index < -0.39 is 10.2 Å². The summed E-state index contributed by atoms with van der Waals surface area (Å²) in [5.41, 5.74) is 0. The molecule has 7 heteroatoms. The van der Waals surface area contributed by atoms with Gasteiger partial charge in [0.1, 0.15) is 0 Å². The van der Waals surface area contributed by atoms with Crippen LogP contribution >= 0.6 is 0 Å². The number of carbonyl (C=O) groups excluding carboxylic acids is 2. The van der Waals surface area contributed by atoms with Crippen LogP contribution < -0.4 is 0 Å². The van der Waals surface area contributed by atoms with Crippen molar-refractivity contribution in [1.29, 1.82) is 10.8 Å². The monoisotopic (exact) mass is 154 g/mol. The van der Waals surface area contributed by atoms with E-state index in [0.717, 1.165) is 12.2 Å². The zero-order valence-electron chi connectivity index (χ0n) is 4.28. The molecule has 0 aromatic rings. The molecule has 0 spiro atoms. The molecule has 0 atom stereocenters. The Kier molecular flexibility index (Phi) is 120. The molecular weight excluding hydrogens is 150 g/mol. The molecular formula is C2H4F2N2O2Si. The molecule has 0 bridgehead atoms. The zero-order chi connectivity index (χ0) is 8.12. The Morgan fingerprint density at radius 1 is 1.11 bits per heavy atom. The van der Waals surface area contributed by atoms with Crippen molar-refractivity contribution in [3.05, 3.63) is 0 Å². The smallest absolute Gasteiger partial charge is 0.279 e. The molecule has 0 rings (SSSR count). The van der Waals surface area contributed by atoms with Crippen molar-refractivity contribution in [3.8, 4) is 0 Å². The van der Waals surface area contributed by atoms with Gasteiger partial charge in [0.2, 0.25) is 12.2 Å². The minimum atomic E-state index is -2.58. The molecule has 0 aliphatic carbocycles. The van der Waals surface area contributed by atoms with Crippen LogP contribution in [0.1, 0.15) is 0 Å². The Balaban J connectivity index is -0.0000000600. The van der Waals surface area contributed by atoms with E-state index in [1.807, 2.05) is 0 Å². The summed E-state index contributed by atoms with van der Waals surface area (Å²) in [5, 5.41) is 10.8. The summed E-state index contributed by atoms with van der Waals surface area (Å²) >= 11 is 0. The lowest BCUT2D eigenvalue weighted by Gasteiger charge is -1.39. The molecule has 0 aromatic heterocycles. The Bertz CT molecular complexity index is 84.7. The van der Waals surface area contributed by atoms with Crippen LogP contribution in [0.25, 0.3) is 0 Å². The molecule has 52 valence electrons. The number of isocyanates is 2. The van der Waals surface area contributed by atoms with E-state index in [9.17, 15) is 8.22 Å². The van der Waals surface area contributed by atoms with E-state index in [1.165, 1.54) is 0 Å². The highest BCUT2D eigenvalue weighted by atomic mass is 28.3. The van der Waals surface area contributed by atoms with Gasteiger partial charge in [0.05, 0.1) is 0 Å². The Morgan fingerprint density at radius 3 is 1.11 bits per heavy atom. The van der Waals surface area contributed by atoms with Crippen molar-refractivity contribution >= 4 is 22.3 Å². The molecule has 0 radical (unpaired) electrons. The van der Waals surface area contributed by atoms with E-state index in [-0.39, 0.29) is 0 Å². The van der Waals surface area contributed by atoms with Crippen LogP contribution in [0.15, 0.2) is 0 Å². The number of nitrogens with one attached hydrogen (secondary N) is 2. The van der Waals surface area contributed by atoms with Crippen molar-refractivity contribution in [2.45, 2.75) is 0 Å². The van der Waals surface area contributed by atoms with Crippen LogP contribution in [0.3, 0.4) is 0 Å². The molecule has 0 fully saturated rings. The SMILES string of the molecule is F[SiH2]F.N=C=O.N=C=O. The lowest BCUT2D eigenvalue weighted by atomic mass is 11.7. The highest BCUT2D eigenvalue weighted by Gasteiger charge is 1.51. The standard InChI is InChI=1S/2CHNO.F2H2Si/c2*2-1-3;1-3-2/h2*2H;3H2. The van der Waals surface area contributed by atoms with Crippen molar-refractivity contribution in [2.24, 2.45) is 0 Å². The van der Waals surface area contributed by atoms with Crippen LogP contribution in [-0.2, 0) is 9.59 Å². The Morgan fingerprint density at radius 2 is 1.11 bits per heavy atom. The predicted octanol–water partition coefficient (Wildman–Crippen LogP) is -0.274. The normalized spacial score (nSPS) is 3.78. The molecule has 4 nitrogen and oxygen atoms in total. The third kappa shape index (κ3) is 118. The molecule has 0 amide bonds. The predicted molar refractivity (Wildman–Crippen MR) is 27.6 cm³/mol. The fourth-order valence-corrected chi connectivity index (χ4v) is 0. The van der Waals surface area contributed by atoms with Gasteiger partial charge in [-0.05, 0) is 0 Å². The molecule has 9 heavy (non-hydrogen) atoms. The second-order valence-electron chi connectivity index (χ2n) is 0.305. The van der Waals surface area contributed by atoms with Gasteiger partial charge in [-0.25, -0.2) is 20.4 Å². The van der Waals surface area contributed by atoms with Gasteiger partial charge in [-0.15, -0.1) is 0 Å². The summed E-state index contributed by atoms with van der Waals surface area (Å²) < 4.78 is 19.5. The van der Waals surface area contributed by atoms with Gasteiger partial charge in [0.15, 0.2) is 0 Å². The number of hydrogen-bond donors (Lipinski definition) is 2. The van der Waals surface area contributed by atoms with E-state index in [4.69, 9.17) is 20.4 Å². The van der Waals surface area contributed by atoms with Gasteiger partial charge < -0.3 is 0 Å². The maximum absolute atomic E-state index is 9.76. The van der Waals surface area contributed by atoms with Crippen molar-refractivity contribution in [1.82, 2.24) is 0 Å². The van der Waals surface area contributed by atoms with Crippen LogP contribution in [-0.4, -0.2) is 22.3 Å². The van der Waals surface area contributed by atoms with Crippen LogP contribution in [0.4, 0.5) is 8.22 Å². The first-order valence-corrected chi connectivity index (χ1v) is 2.51. The largest absolute Gasteiger partial charge is 0.397 e. The average molecular weight is 154 g/mol. The summed E-state index contributed by atoms with van der Waals surface area (Å²) in [5.74, 6) is 0. The lowest BCUT2D eigenvalue weighted by molar-refractivity contribution is 0.562. The van der Waals surface area contributed by atoms with Gasteiger partial charge in [-0.1, -0.05) is 0 Å². The summed E-state index contributed by atoms with van der Waals surface area (Å²) in [7, 11) is -2.58. The van der Waals surface area contributed by atoms with Crippen molar-refractivity contribution in [2.75, 3.05) is 0 Å². The van der Waals surface area contributed by atoms with E-state index in [2.05, 4.69) is 0 Å². The van der Waals surface area contributed by atoms with E-state index in [0.29, 0.717) is 0 Å². The lowest BCUT2D eigenvalue weighted by Crippen LogP contribution is -1.45. The summed E-state index contributed by atoms with van der Waals surface area (Å²) in [6.45, 7) is 0. The van der Waals surface area contributed by atoms with Gasteiger partial charge in [0, 0.05) is 0 Å². The highest BCUT2D eigenvalue weighted by molar-refractivity contribution is 6.15. The second-order valence-corrected chi connectivity index (χ2v) is 0.507. The highest BCUT2D eigenvalue weighted by Crippen LogP contribution is 1.49. The maximum atomic E-state index is 9.76. The van der Waals surface area contributed by atoms with E-state index >= 15 is 0 Å². The molecule has 0 aromatic carbocycles. The first-order chi connectivity index (χ1) is 4.24. The molecule has 0 heterocycles. The van der Waals surface area contributed by atoms with Crippen LogP contribution in [0, 0.1) is 10.8 Å². The van der Waals surface area contributed by atoms with Crippen molar-refractivity contribution in [3.63, 3.8) is 0 Å². The minimum Gasteiger partial charge on any atom is -0.279 e. The quantitative estimate of drug-likeness (QED) is 0.218. The number of halogens is 2. The van der Waals surface area contributed by atoms with E-state index in [1.54, 1.807) is 0 Å². The molecule has 0 saturated carbocycles. The summed E-state index contributed by atoms with van der Waals surface area (Å²) in [6.07, 6.45) is 1.50. The topological polar surface area (TPSA) is 81.8 Å². The summed E-state index contributed by atoms with van der Waals surface area (Å²) in [4.78, 5) is 16.7. The van der Waals surface area contributed by atoms with Crippen LogP contribution in [0.2, 0.25) is 0 Å². The molecule has 0 aliphatic heterocycles. The molecule has 0 unspecified atom stereocenters.